The van der Waals surface area contributed by atoms with Crippen molar-refractivity contribution in [1.82, 2.24) is 0 Å². The Balaban J connectivity index is 2.57. The van der Waals surface area contributed by atoms with Crippen LogP contribution in [0.2, 0.25) is 0 Å². The molecule has 1 rings (SSSR count). The van der Waals surface area contributed by atoms with Crippen molar-refractivity contribution in [3.63, 3.8) is 0 Å². The fraction of sp³-hybridized carbons (Fsp3) is 0.125. The Morgan fingerprint density at radius 3 is 2.92 bits per heavy atom. The first-order chi connectivity index (χ1) is 5.68. The SMILES string of the molecule is NC(=S)COc1cccc(F)c1. The minimum absolute atomic E-state index is 0.138. The second-order valence-corrected chi connectivity index (χ2v) is 2.74. The average Bonchev–Trinajstić information content (AvgIpc) is 2.01. The minimum atomic E-state index is -0.338. The molecule has 0 fully saturated rings. The van der Waals surface area contributed by atoms with Crippen LogP contribution in [0.4, 0.5) is 4.39 Å². The molecule has 4 heteroatoms. The quantitative estimate of drug-likeness (QED) is 0.725. The molecule has 2 N–H and O–H groups in total. The van der Waals surface area contributed by atoms with Crippen molar-refractivity contribution in [1.29, 1.82) is 0 Å². The summed E-state index contributed by atoms with van der Waals surface area (Å²) in [5, 5.41) is 0. The van der Waals surface area contributed by atoms with E-state index in [4.69, 9.17) is 10.5 Å². The third-order valence-corrected chi connectivity index (χ3v) is 1.30. The van der Waals surface area contributed by atoms with Crippen molar-refractivity contribution < 1.29 is 9.13 Å². The van der Waals surface area contributed by atoms with E-state index >= 15 is 0 Å². The van der Waals surface area contributed by atoms with Gasteiger partial charge >= 0.3 is 0 Å². The van der Waals surface area contributed by atoms with Gasteiger partial charge in [-0.1, -0.05) is 18.3 Å². The molecular weight excluding hydrogens is 177 g/mol. The van der Waals surface area contributed by atoms with Gasteiger partial charge in [0, 0.05) is 6.07 Å². The summed E-state index contributed by atoms with van der Waals surface area (Å²) in [6.45, 7) is 0.138. The number of thiocarbonyl (C=S) groups is 1. The van der Waals surface area contributed by atoms with Crippen LogP contribution in [0.15, 0.2) is 24.3 Å². The number of hydrogen-bond acceptors (Lipinski definition) is 2. The molecule has 0 spiro atoms. The highest BCUT2D eigenvalue weighted by molar-refractivity contribution is 7.80. The number of nitrogens with two attached hydrogens (primary N) is 1. The third kappa shape index (κ3) is 2.84. The summed E-state index contributed by atoms with van der Waals surface area (Å²) in [7, 11) is 0. The Morgan fingerprint density at radius 1 is 1.58 bits per heavy atom. The topological polar surface area (TPSA) is 35.2 Å². The van der Waals surface area contributed by atoms with Gasteiger partial charge in [-0.05, 0) is 12.1 Å². The molecule has 0 amide bonds. The Labute approximate surface area is 75.1 Å². The van der Waals surface area contributed by atoms with E-state index in [1.54, 1.807) is 12.1 Å². The van der Waals surface area contributed by atoms with Gasteiger partial charge in [0.1, 0.15) is 23.2 Å². The number of halogens is 1. The van der Waals surface area contributed by atoms with Gasteiger partial charge in [0.25, 0.3) is 0 Å². The van der Waals surface area contributed by atoms with Crippen LogP contribution in [-0.2, 0) is 0 Å². The molecule has 1 aromatic rings. The summed E-state index contributed by atoms with van der Waals surface area (Å²) in [5.74, 6) is 0.0956. The number of benzene rings is 1. The smallest absolute Gasteiger partial charge is 0.138 e. The fourth-order valence-electron chi connectivity index (χ4n) is 0.711. The normalized spacial score (nSPS) is 9.42. The summed E-state index contributed by atoms with van der Waals surface area (Å²) < 4.78 is 17.6. The van der Waals surface area contributed by atoms with E-state index in [0.717, 1.165) is 0 Å². The van der Waals surface area contributed by atoms with E-state index in [2.05, 4.69) is 12.2 Å². The Bertz CT molecular complexity index is 290. The molecule has 2 nitrogen and oxygen atoms in total. The Morgan fingerprint density at radius 2 is 2.33 bits per heavy atom. The lowest BCUT2D eigenvalue weighted by Crippen LogP contribution is -2.17. The van der Waals surface area contributed by atoms with Gasteiger partial charge in [0.05, 0.1) is 0 Å². The monoisotopic (exact) mass is 185 g/mol. The average molecular weight is 185 g/mol. The van der Waals surface area contributed by atoms with Crippen LogP contribution in [0.25, 0.3) is 0 Å². The zero-order valence-electron chi connectivity index (χ0n) is 6.29. The summed E-state index contributed by atoms with van der Waals surface area (Å²) in [4.78, 5) is 0.249. The summed E-state index contributed by atoms with van der Waals surface area (Å²) in [6, 6.07) is 5.82. The van der Waals surface area contributed by atoms with E-state index in [-0.39, 0.29) is 17.4 Å². The number of hydrogen-bond donors (Lipinski definition) is 1. The molecule has 0 atom stereocenters. The van der Waals surface area contributed by atoms with E-state index in [9.17, 15) is 4.39 Å². The van der Waals surface area contributed by atoms with Crippen LogP contribution >= 0.6 is 12.2 Å². The van der Waals surface area contributed by atoms with E-state index in [0.29, 0.717) is 5.75 Å². The molecular formula is C8H8FNOS. The van der Waals surface area contributed by atoms with E-state index in [1.165, 1.54) is 12.1 Å². The maximum Gasteiger partial charge on any atom is 0.138 e. The highest BCUT2D eigenvalue weighted by atomic mass is 32.1. The second kappa shape index (κ2) is 4.01. The predicted molar refractivity (Wildman–Crippen MR) is 48.7 cm³/mol. The van der Waals surface area contributed by atoms with Crippen LogP contribution in [0, 0.1) is 5.82 Å². The van der Waals surface area contributed by atoms with Crippen molar-refractivity contribution in [2.24, 2.45) is 5.73 Å². The van der Waals surface area contributed by atoms with Crippen molar-refractivity contribution in [3.8, 4) is 5.75 Å². The molecule has 0 unspecified atom stereocenters. The van der Waals surface area contributed by atoms with Gasteiger partial charge in [0.15, 0.2) is 0 Å². The highest BCUT2D eigenvalue weighted by Gasteiger charge is 1.95. The molecule has 0 aliphatic rings. The Hall–Kier alpha value is -1.16. The van der Waals surface area contributed by atoms with E-state index in [1.807, 2.05) is 0 Å². The lowest BCUT2D eigenvalue weighted by atomic mass is 10.3. The first-order valence-corrected chi connectivity index (χ1v) is 3.76. The van der Waals surface area contributed by atoms with Crippen molar-refractivity contribution >= 4 is 17.2 Å². The molecule has 0 saturated carbocycles. The highest BCUT2D eigenvalue weighted by Crippen LogP contribution is 2.11. The zero-order chi connectivity index (χ0) is 8.97. The molecule has 0 aliphatic carbocycles. The molecule has 0 radical (unpaired) electrons. The lowest BCUT2D eigenvalue weighted by molar-refractivity contribution is 0.375. The molecule has 0 aliphatic heterocycles. The summed E-state index contributed by atoms with van der Waals surface area (Å²) >= 11 is 4.59. The van der Waals surface area contributed by atoms with Crippen LogP contribution in [-0.4, -0.2) is 11.6 Å². The van der Waals surface area contributed by atoms with Gasteiger partial charge in [-0.25, -0.2) is 4.39 Å². The summed E-state index contributed by atoms with van der Waals surface area (Å²) in [5.41, 5.74) is 5.19. The van der Waals surface area contributed by atoms with E-state index < -0.39 is 0 Å². The number of rotatable bonds is 3. The largest absolute Gasteiger partial charge is 0.486 e. The molecule has 0 bridgehead atoms. The van der Waals surface area contributed by atoms with Crippen LogP contribution in [0.1, 0.15) is 0 Å². The molecule has 64 valence electrons. The zero-order valence-corrected chi connectivity index (χ0v) is 7.10. The van der Waals surface area contributed by atoms with Gasteiger partial charge in [-0.3, -0.25) is 0 Å². The first-order valence-electron chi connectivity index (χ1n) is 3.35. The van der Waals surface area contributed by atoms with Gasteiger partial charge in [0.2, 0.25) is 0 Å². The first kappa shape index (κ1) is 8.93. The van der Waals surface area contributed by atoms with Crippen LogP contribution < -0.4 is 10.5 Å². The Kier molecular flexibility index (Phi) is 2.99. The van der Waals surface area contributed by atoms with Crippen LogP contribution in [0.3, 0.4) is 0 Å². The van der Waals surface area contributed by atoms with Gasteiger partial charge < -0.3 is 10.5 Å². The maximum absolute atomic E-state index is 12.5. The van der Waals surface area contributed by atoms with Crippen molar-refractivity contribution in [3.05, 3.63) is 30.1 Å². The minimum Gasteiger partial charge on any atom is -0.486 e. The van der Waals surface area contributed by atoms with Crippen molar-refractivity contribution in [2.75, 3.05) is 6.61 Å². The predicted octanol–water partition coefficient (Wildman–Crippen LogP) is 1.49. The molecule has 0 saturated heterocycles. The lowest BCUT2D eigenvalue weighted by Gasteiger charge is -2.03. The molecule has 0 heterocycles. The van der Waals surface area contributed by atoms with Gasteiger partial charge in [-0.2, -0.15) is 0 Å². The maximum atomic E-state index is 12.5. The fourth-order valence-corrected chi connectivity index (χ4v) is 0.770. The molecule has 0 aromatic heterocycles. The summed E-state index contributed by atoms with van der Waals surface area (Å²) in [6.07, 6.45) is 0. The second-order valence-electron chi connectivity index (χ2n) is 2.21. The molecule has 12 heavy (non-hydrogen) atoms. The van der Waals surface area contributed by atoms with Crippen molar-refractivity contribution in [2.45, 2.75) is 0 Å². The van der Waals surface area contributed by atoms with Gasteiger partial charge in [-0.15, -0.1) is 0 Å². The molecule has 1 aromatic carbocycles. The standard InChI is InChI=1S/C8H8FNOS/c9-6-2-1-3-7(4-6)11-5-8(10)12/h1-4H,5H2,(H2,10,12). The van der Waals surface area contributed by atoms with Crippen LogP contribution in [0.5, 0.6) is 5.75 Å². The third-order valence-electron chi connectivity index (χ3n) is 1.18. The number of ether oxygens (including phenoxy) is 1.